The highest BCUT2D eigenvalue weighted by molar-refractivity contribution is 5.90. The van der Waals surface area contributed by atoms with Gasteiger partial charge in [-0.2, -0.15) is 0 Å². The first-order chi connectivity index (χ1) is 7.94. The second-order valence-electron chi connectivity index (χ2n) is 5.41. The number of aliphatic carboxylic acids is 1. The number of hydrogen-bond acceptors (Lipinski definition) is 3. The molecule has 0 bridgehead atoms. The standard InChI is InChI=1S/C12H20N2O3/c1-12(13,8-5-6-8)11(17)14-7-3-2-4-9(14)10(15)16/h8-9H,2-7,13H2,1H3,(H,15,16)/t9-,12?/m0/s1. The summed E-state index contributed by atoms with van der Waals surface area (Å²) in [4.78, 5) is 25.0. The minimum Gasteiger partial charge on any atom is -0.480 e. The van der Waals surface area contributed by atoms with Crippen LogP contribution in [0.1, 0.15) is 39.0 Å². The van der Waals surface area contributed by atoms with E-state index >= 15 is 0 Å². The normalized spacial score (nSPS) is 28.6. The first kappa shape index (κ1) is 12.4. The highest BCUT2D eigenvalue weighted by atomic mass is 16.4. The number of carboxylic acid groups (broad SMARTS) is 1. The van der Waals surface area contributed by atoms with Crippen LogP contribution in [0.2, 0.25) is 0 Å². The van der Waals surface area contributed by atoms with Crippen molar-refractivity contribution in [1.29, 1.82) is 0 Å². The number of amides is 1. The van der Waals surface area contributed by atoms with Crippen molar-refractivity contribution in [2.75, 3.05) is 6.54 Å². The molecule has 17 heavy (non-hydrogen) atoms. The van der Waals surface area contributed by atoms with Crippen LogP contribution in [-0.4, -0.2) is 40.0 Å². The average Bonchev–Trinajstić information content (AvgIpc) is 3.12. The predicted molar refractivity (Wildman–Crippen MR) is 62.3 cm³/mol. The molecule has 1 aliphatic heterocycles. The van der Waals surface area contributed by atoms with Crippen LogP contribution in [0.5, 0.6) is 0 Å². The van der Waals surface area contributed by atoms with Gasteiger partial charge in [0, 0.05) is 6.54 Å². The van der Waals surface area contributed by atoms with E-state index in [-0.39, 0.29) is 11.8 Å². The molecule has 3 N–H and O–H groups in total. The molecule has 2 fully saturated rings. The van der Waals surface area contributed by atoms with Gasteiger partial charge in [-0.3, -0.25) is 4.79 Å². The van der Waals surface area contributed by atoms with Crippen molar-refractivity contribution in [3.8, 4) is 0 Å². The van der Waals surface area contributed by atoms with Crippen molar-refractivity contribution in [1.82, 2.24) is 4.90 Å². The lowest BCUT2D eigenvalue weighted by Gasteiger charge is -2.38. The van der Waals surface area contributed by atoms with Gasteiger partial charge in [0.1, 0.15) is 6.04 Å². The molecule has 1 aliphatic carbocycles. The molecule has 2 atom stereocenters. The van der Waals surface area contributed by atoms with Gasteiger partial charge in [0.25, 0.3) is 0 Å². The summed E-state index contributed by atoms with van der Waals surface area (Å²) in [6.45, 7) is 2.26. The third-order valence-corrected chi connectivity index (χ3v) is 3.93. The molecule has 2 rings (SSSR count). The summed E-state index contributed by atoms with van der Waals surface area (Å²) in [5.41, 5.74) is 5.19. The van der Waals surface area contributed by atoms with Crippen LogP contribution in [0.25, 0.3) is 0 Å². The molecule has 96 valence electrons. The van der Waals surface area contributed by atoms with Crippen molar-refractivity contribution in [3.05, 3.63) is 0 Å². The van der Waals surface area contributed by atoms with E-state index < -0.39 is 17.6 Å². The Bertz CT molecular complexity index is 337. The first-order valence-electron chi connectivity index (χ1n) is 6.27. The third kappa shape index (κ3) is 2.29. The highest BCUT2D eigenvalue weighted by Crippen LogP contribution is 2.39. The van der Waals surface area contributed by atoms with Gasteiger partial charge in [-0.1, -0.05) is 0 Å². The Morgan fingerprint density at radius 3 is 2.47 bits per heavy atom. The maximum absolute atomic E-state index is 12.4. The number of carbonyl (C=O) groups excluding carboxylic acids is 1. The molecule has 5 nitrogen and oxygen atoms in total. The largest absolute Gasteiger partial charge is 0.480 e. The molecule has 1 unspecified atom stereocenters. The Kier molecular flexibility index (Phi) is 3.12. The molecule has 0 aromatic carbocycles. The van der Waals surface area contributed by atoms with E-state index in [4.69, 9.17) is 10.8 Å². The van der Waals surface area contributed by atoms with E-state index in [1.807, 2.05) is 0 Å². The lowest BCUT2D eigenvalue weighted by molar-refractivity contribution is -0.154. The summed E-state index contributed by atoms with van der Waals surface area (Å²) in [6, 6.07) is -0.683. The molecule has 1 amide bonds. The number of rotatable bonds is 3. The monoisotopic (exact) mass is 240 g/mol. The van der Waals surface area contributed by atoms with Crippen molar-refractivity contribution in [2.45, 2.75) is 50.6 Å². The maximum Gasteiger partial charge on any atom is 0.326 e. The lowest BCUT2D eigenvalue weighted by Crippen LogP contribution is -2.60. The van der Waals surface area contributed by atoms with Crippen molar-refractivity contribution in [2.24, 2.45) is 11.7 Å². The Balaban J connectivity index is 2.13. The van der Waals surface area contributed by atoms with Gasteiger partial charge in [-0.05, 0) is 44.9 Å². The molecule has 0 radical (unpaired) electrons. The van der Waals surface area contributed by atoms with E-state index in [0.29, 0.717) is 13.0 Å². The molecule has 0 spiro atoms. The Morgan fingerprint density at radius 2 is 1.94 bits per heavy atom. The number of likely N-dealkylation sites (tertiary alicyclic amines) is 1. The van der Waals surface area contributed by atoms with Crippen LogP contribution < -0.4 is 5.73 Å². The smallest absolute Gasteiger partial charge is 0.326 e. The van der Waals surface area contributed by atoms with E-state index in [2.05, 4.69) is 0 Å². The van der Waals surface area contributed by atoms with Gasteiger partial charge in [0.2, 0.25) is 5.91 Å². The summed E-state index contributed by atoms with van der Waals surface area (Å²) in [5, 5.41) is 9.14. The van der Waals surface area contributed by atoms with E-state index in [9.17, 15) is 9.59 Å². The molecule has 2 aliphatic rings. The second kappa shape index (κ2) is 4.29. The zero-order chi connectivity index (χ0) is 12.6. The summed E-state index contributed by atoms with van der Waals surface area (Å²) in [5.74, 6) is -0.872. The first-order valence-corrected chi connectivity index (χ1v) is 6.27. The number of hydrogen-bond donors (Lipinski definition) is 2. The highest BCUT2D eigenvalue weighted by Gasteiger charge is 2.48. The fraction of sp³-hybridized carbons (Fsp3) is 0.833. The van der Waals surface area contributed by atoms with Crippen LogP contribution in [0.15, 0.2) is 0 Å². The summed E-state index contributed by atoms with van der Waals surface area (Å²) < 4.78 is 0. The van der Waals surface area contributed by atoms with Crippen molar-refractivity contribution < 1.29 is 14.7 Å². The van der Waals surface area contributed by atoms with Gasteiger partial charge in [-0.25, -0.2) is 4.79 Å². The Labute approximate surface area is 101 Å². The number of piperidine rings is 1. The molecule has 5 heteroatoms. The Morgan fingerprint density at radius 1 is 1.29 bits per heavy atom. The molecule has 0 aromatic heterocycles. The minimum atomic E-state index is -0.912. The summed E-state index contributed by atoms with van der Waals surface area (Å²) in [6.07, 6.45) is 4.23. The zero-order valence-electron chi connectivity index (χ0n) is 10.2. The van der Waals surface area contributed by atoms with E-state index in [0.717, 1.165) is 25.7 Å². The number of carbonyl (C=O) groups is 2. The van der Waals surface area contributed by atoms with Crippen LogP contribution in [0.3, 0.4) is 0 Å². The van der Waals surface area contributed by atoms with Gasteiger partial charge in [0.05, 0.1) is 5.54 Å². The Hall–Kier alpha value is -1.10. The van der Waals surface area contributed by atoms with Gasteiger partial charge in [-0.15, -0.1) is 0 Å². The number of nitrogens with zero attached hydrogens (tertiary/aromatic N) is 1. The quantitative estimate of drug-likeness (QED) is 0.755. The van der Waals surface area contributed by atoms with E-state index in [1.54, 1.807) is 6.92 Å². The van der Waals surface area contributed by atoms with Crippen LogP contribution in [0, 0.1) is 5.92 Å². The van der Waals surface area contributed by atoms with E-state index in [1.165, 1.54) is 4.90 Å². The topological polar surface area (TPSA) is 83.6 Å². The third-order valence-electron chi connectivity index (χ3n) is 3.93. The number of carboxylic acids is 1. The second-order valence-corrected chi connectivity index (χ2v) is 5.41. The van der Waals surface area contributed by atoms with Crippen LogP contribution >= 0.6 is 0 Å². The SMILES string of the molecule is CC(N)(C(=O)N1CCCC[C@H]1C(=O)O)C1CC1. The molecule has 1 saturated heterocycles. The van der Waals surface area contributed by atoms with Crippen LogP contribution in [-0.2, 0) is 9.59 Å². The van der Waals surface area contributed by atoms with Crippen LogP contribution in [0.4, 0.5) is 0 Å². The van der Waals surface area contributed by atoms with Gasteiger partial charge in [0.15, 0.2) is 0 Å². The predicted octanol–water partition coefficient (Wildman–Crippen LogP) is 0.579. The average molecular weight is 240 g/mol. The van der Waals surface area contributed by atoms with Gasteiger partial charge < -0.3 is 15.7 Å². The van der Waals surface area contributed by atoms with Crippen molar-refractivity contribution >= 4 is 11.9 Å². The lowest BCUT2D eigenvalue weighted by atomic mass is 9.92. The maximum atomic E-state index is 12.4. The molecular weight excluding hydrogens is 220 g/mol. The fourth-order valence-electron chi connectivity index (χ4n) is 2.60. The molecule has 0 aromatic rings. The minimum absolute atomic E-state index is 0.188. The van der Waals surface area contributed by atoms with Gasteiger partial charge >= 0.3 is 5.97 Å². The molecule has 1 heterocycles. The zero-order valence-corrected chi connectivity index (χ0v) is 10.2. The number of nitrogens with two attached hydrogens (primary N) is 1. The molecular formula is C12H20N2O3. The fourth-order valence-corrected chi connectivity index (χ4v) is 2.60. The van der Waals surface area contributed by atoms with Crippen molar-refractivity contribution in [3.63, 3.8) is 0 Å². The summed E-state index contributed by atoms with van der Waals surface area (Å²) in [7, 11) is 0. The molecule has 1 saturated carbocycles. The summed E-state index contributed by atoms with van der Waals surface area (Å²) >= 11 is 0.